The molecule has 6 rings (SSSR count). The summed E-state index contributed by atoms with van der Waals surface area (Å²) in [6.07, 6.45) is 2.81. The van der Waals surface area contributed by atoms with E-state index in [9.17, 15) is 24.6 Å². The van der Waals surface area contributed by atoms with Crippen molar-refractivity contribution in [1.82, 2.24) is 0 Å². The highest BCUT2D eigenvalue weighted by atomic mass is 16.6. The summed E-state index contributed by atoms with van der Waals surface area (Å²) in [5.41, 5.74) is -0.996. The average Bonchev–Trinajstić information content (AvgIpc) is 3.35. The molecule has 0 bridgehead atoms. The molecule has 0 unspecified atom stereocenters. The molecule has 50 heavy (non-hydrogen) atoms. The lowest BCUT2D eigenvalue weighted by atomic mass is 9.36. The maximum atomic E-state index is 13.4. The molecule has 0 spiro atoms. The van der Waals surface area contributed by atoms with Crippen LogP contribution in [-0.4, -0.2) is 70.8 Å². The first kappa shape index (κ1) is 37.0. The van der Waals surface area contributed by atoms with E-state index in [2.05, 4.69) is 40.7 Å². The van der Waals surface area contributed by atoms with Crippen molar-refractivity contribution in [3.63, 3.8) is 0 Å². The zero-order chi connectivity index (χ0) is 36.6. The Balaban J connectivity index is 1.39. The van der Waals surface area contributed by atoms with Gasteiger partial charge in [0, 0.05) is 36.5 Å². The van der Waals surface area contributed by atoms with E-state index in [-0.39, 0.29) is 41.0 Å². The predicted octanol–water partition coefficient (Wildman–Crippen LogP) is 6.44. The molecule has 2 N–H and O–H groups in total. The Morgan fingerprint density at radius 3 is 2.08 bits per heavy atom. The number of fused-ring (bicyclic) bond motifs is 5. The average molecular weight is 695 g/mol. The fraction of sp³-hybridized carbons (Fsp3) is 0.732. The summed E-state index contributed by atoms with van der Waals surface area (Å²) in [5.74, 6) is -1.04. The molecule has 3 saturated carbocycles. The molecule has 0 amide bonds. The van der Waals surface area contributed by atoms with Gasteiger partial charge < -0.3 is 29.2 Å². The third kappa shape index (κ3) is 5.74. The van der Waals surface area contributed by atoms with E-state index in [1.807, 2.05) is 19.9 Å². The summed E-state index contributed by atoms with van der Waals surface area (Å²) in [4.78, 5) is 39.1. The van der Waals surface area contributed by atoms with Gasteiger partial charge in [0.05, 0.1) is 23.9 Å². The number of hydrogen-bond acceptors (Lipinski definition) is 9. The molecule has 4 fully saturated rings. The fourth-order valence-corrected chi connectivity index (χ4v) is 12.0. The summed E-state index contributed by atoms with van der Waals surface area (Å²) in [6, 6.07) is 8.94. The predicted molar refractivity (Wildman–Crippen MR) is 187 cm³/mol. The van der Waals surface area contributed by atoms with E-state index < -0.39 is 58.3 Å². The van der Waals surface area contributed by atoms with Crippen LogP contribution in [0.25, 0.3) is 0 Å². The molecule has 276 valence electrons. The van der Waals surface area contributed by atoms with Crippen LogP contribution in [0.15, 0.2) is 42.0 Å². The van der Waals surface area contributed by atoms with Gasteiger partial charge in [0.1, 0.15) is 24.4 Å². The van der Waals surface area contributed by atoms with E-state index in [4.69, 9.17) is 18.9 Å². The summed E-state index contributed by atoms with van der Waals surface area (Å²) < 4.78 is 25.2. The molecule has 1 aliphatic heterocycles. The number of esters is 3. The number of rotatable bonds is 5. The number of hydrogen-bond donors (Lipinski definition) is 2. The van der Waals surface area contributed by atoms with Crippen molar-refractivity contribution in [1.29, 1.82) is 0 Å². The minimum Gasteiger partial charge on any atom is -0.462 e. The smallest absolute Gasteiger partial charge is 0.338 e. The maximum absolute atomic E-state index is 13.4. The highest BCUT2D eigenvalue weighted by Gasteiger charge is 2.72. The first-order valence-corrected chi connectivity index (χ1v) is 18.6. The van der Waals surface area contributed by atoms with Gasteiger partial charge in [-0.1, -0.05) is 64.5 Å². The van der Waals surface area contributed by atoms with Gasteiger partial charge in [-0.15, -0.1) is 0 Å². The Hall–Kier alpha value is -2.75. The van der Waals surface area contributed by atoms with Gasteiger partial charge in [-0.2, -0.15) is 0 Å². The van der Waals surface area contributed by atoms with E-state index in [0.29, 0.717) is 31.4 Å². The van der Waals surface area contributed by atoms with E-state index >= 15 is 0 Å². The van der Waals surface area contributed by atoms with Crippen LogP contribution in [0.4, 0.5) is 0 Å². The highest BCUT2D eigenvalue weighted by molar-refractivity contribution is 5.89. The number of carbonyl (C=O) groups excluding carboxylic acids is 3. The molecule has 9 heteroatoms. The first-order chi connectivity index (χ1) is 23.3. The largest absolute Gasteiger partial charge is 0.462 e. The number of benzene rings is 1. The van der Waals surface area contributed by atoms with Crippen LogP contribution in [0.2, 0.25) is 0 Å². The molecule has 12 atom stereocenters. The maximum Gasteiger partial charge on any atom is 0.338 e. The van der Waals surface area contributed by atoms with Gasteiger partial charge in [-0.3, -0.25) is 9.59 Å². The van der Waals surface area contributed by atoms with Gasteiger partial charge in [0.15, 0.2) is 0 Å². The fourth-order valence-electron chi connectivity index (χ4n) is 12.0. The number of allylic oxidation sites excluding steroid dienone is 1. The Kier molecular flexibility index (Phi) is 9.43. The van der Waals surface area contributed by atoms with Crippen molar-refractivity contribution in [2.24, 2.45) is 45.3 Å². The lowest BCUT2D eigenvalue weighted by molar-refractivity contribution is -0.259. The summed E-state index contributed by atoms with van der Waals surface area (Å²) >= 11 is 0. The van der Waals surface area contributed by atoms with Crippen molar-refractivity contribution in [3.8, 4) is 0 Å². The minimum atomic E-state index is -0.977. The number of carbonyl (C=O) groups is 3. The first-order valence-electron chi connectivity index (χ1n) is 18.6. The molecule has 9 nitrogen and oxygen atoms in total. The number of aliphatic hydroxyl groups is 2. The van der Waals surface area contributed by atoms with Gasteiger partial charge in [0.25, 0.3) is 0 Å². The van der Waals surface area contributed by atoms with Gasteiger partial charge in [-0.05, 0) is 87.2 Å². The quantitative estimate of drug-likeness (QED) is 0.203. The van der Waals surface area contributed by atoms with Gasteiger partial charge in [-0.25, -0.2) is 4.79 Å². The summed E-state index contributed by atoms with van der Waals surface area (Å²) in [6.45, 7) is 18.1. The summed E-state index contributed by atoms with van der Waals surface area (Å²) in [5, 5.41) is 21.9. The van der Waals surface area contributed by atoms with E-state index in [1.165, 1.54) is 19.4 Å². The molecular weight excluding hydrogens is 636 g/mol. The zero-order valence-electron chi connectivity index (χ0n) is 31.4. The van der Waals surface area contributed by atoms with Crippen molar-refractivity contribution < 1.29 is 43.5 Å². The molecule has 1 aromatic rings. The monoisotopic (exact) mass is 694 g/mol. The van der Waals surface area contributed by atoms with Crippen LogP contribution in [0.1, 0.15) is 111 Å². The third-order valence-corrected chi connectivity index (χ3v) is 14.5. The lowest BCUT2D eigenvalue weighted by Gasteiger charge is -2.70. The van der Waals surface area contributed by atoms with Crippen LogP contribution < -0.4 is 0 Å². The van der Waals surface area contributed by atoms with E-state index in [0.717, 1.165) is 19.3 Å². The van der Waals surface area contributed by atoms with Crippen LogP contribution >= 0.6 is 0 Å². The highest BCUT2D eigenvalue weighted by Crippen LogP contribution is 2.74. The molecule has 0 aromatic heterocycles. The van der Waals surface area contributed by atoms with Crippen LogP contribution in [0.3, 0.4) is 0 Å². The van der Waals surface area contributed by atoms with Crippen molar-refractivity contribution in [3.05, 3.63) is 47.5 Å². The molecular formula is C41H58O9. The Bertz CT molecular complexity index is 1520. The SMILES string of the molecule is CC(=O)O[C@H]1C[C@@H](OC(=O)c2ccccc2)C(C)(C)[C@@H]2C[C@@H](OC(C)=O)[C@@]3(C)C4=CC[C@@H]([C@H]5COC(C)(C)[C@@H](O)[C@H](O)C5)[C@]4(C)CC[C@@H]3[C@@]12C. The molecule has 1 saturated heterocycles. The second-order valence-corrected chi connectivity index (χ2v) is 17.8. The van der Waals surface area contributed by atoms with Gasteiger partial charge in [0.2, 0.25) is 0 Å². The van der Waals surface area contributed by atoms with Crippen LogP contribution in [0.5, 0.6) is 0 Å². The van der Waals surface area contributed by atoms with Gasteiger partial charge >= 0.3 is 17.9 Å². The van der Waals surface area contributed by atoms with Crippen LogP contribution in [0, 0.1) is 45.3 Å². The Morgan fingerprint density at radius 1 is 0.800 bits per heavy atom. The van der Waals surface area contributed by atoms with Crippen molar-refractivity contribution in [2.75, 3.05) is 6.61 Å². The molecule has 1 heterocycles. The summed E-state index contributed by atoms with van der Waals surface area (Å²) in [7, 11) is 0. The second kappa shape index (κ2) is 12.7. The zero-order valence-corrected chi connectivity index (χ0v) is 31.4. The van der Waals surface area contributed by atoms with Crippen molar-refractivity contribution >= 4 is 17.9 Å². The second-order valence-electron chi connectivity index (χ2n) is 17.8. The van der Waals surface area contributed by atoms with E-state index in [1.54, 1.807) is 24.3 Å². The van der Waals surface area contributed by atoms with Crippen molar-refractivity contribution in [2.45, 2.75) is 137 Å². The third-order valence-electron chi connectivity index (χ3n) is 14.5. The molecule has 5 aliphatic rings. The minimum absolute atomic E-state index is 0.0118. The Labute approximate surface area is 297 Å². The molecule has 0 radical (unpaired) electrons. The Morgan fingerprint density at radius 2 is 1.44 bits per heavy atom. The standard InChI is InChI=1S/C41H58O9/c1-23(42)48-33-20-31-37(3,4)32(50-36(46)25-13-11-10-12-14-25)21-34(49-24(2)43)41(31,9)30-17-18-39(7)27(15-16-29(39)40(30,33)8)26-19-28(44)35(45)38(5,6)47-22-26/h10-14,16,26-28,30-35,44-45H,15,17-22H2,1-9H3/t26-,27+,28-,30+,31+,32-,33-,34+,35+,39+,40+,41-/m1/s1. The number of ether oxygens (including phenoxy) is 4. The lowest BCUT2D eigenvalue weighted by Crippen LogP contribution is -2.70. The van der Waals surface area contributed by atoms with Crippen LogP contribution in [-0.2, 0) is 28.5 Å². The number of aliphatic hydroxyl groups excluding tert-OH is 2. The molecule has 1 aromatic carbocycles. The normalized spacial score (nSPS) is 43.2. The topological polar surface area (TPSA) is 129 Å². The molecule has 4 aliphatic carbocycles.